The zero-order chi connectivity index (χ0) is 10.3. The maximum absolute atomic E-state index is 11.7. The number of hydrogen-bond acceptors (Lipinski definition) is 3. The number of ether oxygens (including phenoxy) is 1. The van der Waals surface area contributed by atoms with E-state index in [1.807, 2.05) is 0 Å². The van der Waals surface area contributed by atoms with Gasteiger partial charge in [0.05, 0.1) is 18.6 Å². The fourth-order valence-corrected chi connectivity index (χ4v) is 2.03. The fraction of sp³-hybridized carbons (Fsp3) is 0.400. The summed E-state index contributed by atoms with van der Waals surface area (Å²) in [5.41, 5.74) is 1.42. The Balaban J connectivity index is 2.22. The van der Waals surface area contributed by atoms with Crippen LogP contribution >= 0.6 is 0 Å². The van der Waals surface area contributed by atoms with Crippen LogP contribution in [0, 0.1) is 0 Å². The molecule has 78 valence electrons. The number of imidazole rings is 1. The first kappa shape index (κ1) is 8.67. The minimum absolute atomic E-state index is 0.0862. The van der Waals surface area contributed by atoms with Crippen molar-refractivity contribution >= 4 is 5.52 Å². The molecule has 1 unspecified atom stereocenters. The van der Waals surface area contributed by atoms with Gasteiger partial charge in [-0.1, -0.05) is 0 Å². The molecule has 0 radical (unpaired) electrons. The van der Waals surface area contributed by atoms with Crippen LogP contribution in [0.15, 0.2) is 23.5 Å². The molecule has 5 heteroatoms. The predicted molar refractivity (Wildman–Crippen MR) is 54.0 cm³/mol. The molecule has 3 rings (SSSR count). The molecular formula is C10H11N3O2. The zero-order valence-corrected chi connectivity index (χ0v) is 8.14. The molecule has 0 aromatic carbocycles. The highest BCUT2D eigenvalue weighted by Gasteiger charge is 2.23. The second kappa shape index (κ2) is 3.20. The lowest BCUT2D eigenvalue weighted by atomic mass is 10.0. The van der Waals surface area contributed by atoms with Crippen LogP contribution in [-0.4, -0.2) is 27.6 Å². The highest BCUT2D eigenvalue weighted by atomic mass is 16.5. The zero-order valence-electron chi connectivity index (χ0n) is 8.14. The number of rotatable bonds is 1. The van der Waals surface area contributed by atoms with Gasteiger partial charge in [-0.15, -0.1) is 0 Å². The molecular weight excluding hydrogens is 194 g/mol. The Bertz CT molecular complexity index is 537. The summed E-state index contributed by atoms with van der Waals surface area (Å²) in [6, 6.07) is 0. The highest BCUT2D eigenvalue weighted by molar-refractivity contribution is 5.51. The second-order valence-corrected chi connectivity index (χ2v) is 3.74. The molecule has 1 fully saturated rings. The Labute approximate surface area is 85.7 Å². The first-order valence-corrected chi connectivity index (χ1v) is 4.98. The Morgan fingerprint density at radius 3 is 3.33 bits per heavy atom. The van der Waals surface area contributed by atoms with Crippen molar-refractivity contribution in [2.24, 2.45) is 0 Å². The lowest BCUT2D eigenvalue weighted by molar-refractivity contribution is 0.193. The van der Waals surface area contributed by atoms with Gasteiger partial charge in [0, 0.05) is 24.9 Å². The van der Waals surface area contributed by atoms with E-state index in [0.29, 0.717) is 12.1 Å². The number of nitrogens with zero attached hydrogens (tertiary/aromatic N) is 2. The summed E-state index contributed by atoms with van der Waals surface area (Å²) in [4.78, 5) is 18.6. The monoisotopic (exact) mass is 205 g/mol. The van der Waals surface area contributed by atoms with Crippen LogP contribution in [-0.2, 0) is 4.74 Å². The summed E-state index contributed by atoms with van der Waals surface area (Å²) >= 11 is 0. The summed E-state index contributed by atoms with van der Waals surface area (Å²) in [5.74, 6) is 0.262. The number of nitrogens with one attached hydrogen (secondary N) is 1. The average molecular weight is 205 g/mol. The predicted octanol–water partition coefficient (Wildman–Crippen LogP) is 0.527. The van der Waals surface area contributed by atoms with Crippen LogP contribution in [0.3, 0.4) is 0 Å². The van der Waals surface area contributed by atoms with Gasteiger partial charge in [0.2, 0.25) is 0 Å². The van der Waals surface area contributed by atoms with Gasteiger partial charge in [-0.2, -0.15) is 0 Å². The molecule has 2 aromatic rings. The smallest absolute Gasteiger partial charge is 0.274 e. The van der Waals surface area contributed by atoms with Gasteiger partial charge in [-0.25, -0.2) is 4.98 Å². The molecule has 0 aliphatic carbocycles. The molecule has 1 aliphatic rings. The van der Waals surface area contributed by atoms with E-state index in [9.17, 15) is 4.79 Å². The van der Waals surface area contributed by atoms with E-state index in [4.69, 9.17) is 4.74 Å². The number of hydrogen-bond donors (Lipinski definition) is 1. The summed E-state index contributed by atoms with van der Waals surface area (Å²) in [6.07, 6.45) is 6.04. The molecule has 5 nitrogen and oxygen atoms in total. The van der Waals surface area contributed by atoms with Gasteiger partial charge >= 0.3 is 0 Å². The number of aromatic nitrogens is 3. The lowest BCUT2D eigenvalue weighted by Crippen LogP contribution is -2.11. The maximum Gasteiger partial charge on any atom is 0.274 e. The molecule has 15 heavy (non-hydrogen) atoms. The molecule has 0 bridgehead atoms. The van der Waals surface area contributed by atoms with Crippen molar-refractivity contribution in [3.63, 3.8) is 0 Å². The van der Waals surface area contributed by atoms with E-state index < -0.39 is 0 Å². The normalized spacial score (nSPS) is 21.2. The van der Waals surface area contributed by atoms with Crippen molar-refractivity contribution in [2.75, 3.05) is 13.2 Å². The van der Waals surface area contributed by atoms with Gasteiger partial charge < -0.3 is 9.72 Å². The van der Waals surface area contributed by atoms with Crippen LogP contribution in [0.1, 0.15) is 18.0 Å². The van der Waals surface area contributed by atoms with Crippen molar-refractivity contribution in [3.05, 3.63) is 34.8 Å². The van der Waals surface area contributed by atoms with Crippen LogP contribution in [0.25, 0.3) is 5.52 Å². The van der Waals surface area contributed by atoms with Crippen LogP contribution in [0.5, 0.6) is 0 Å². The Kier molecular flexibility index (Phi) is 1.85. The molecule has 1 N–H and O–H groups in total. The number of H-pyrrole nitrogens is 1. The molecule has 1 saturated heterocycles. The maximum atomic E-state index is 11.7. The van der Waals surface area contributed by atoms with Crippen molar-refractivity contribution < 1.29 is 4.74 Å². The van der Waals surface area contributed by atoms with Gasteiger partial charge in [0.15, 0.2) is 0 Å². The van der Waals surface area contributed by atoms with E-state index in [2.05, 4.69) is 9.97 Å². The van der Waals surface area contributed by atoms with Crippen molar-refractivity contribution in [3.8, 4) is 0 Å². The molecule has 1 atom stereocenters. The Morgan fingerprint density at radius 1 is 1.60 bits per heavy atom. The third-order valence-corrected chi connectivity index (χ3v) is 2.80. The van der Waals surface area contributed by atoms with Crippen LogP contribution < -0.4 is 5.56 Å². The van der Waals surface area contributed by atoms with Crippen molar-refractivity contribution in [1.82, 2.24) is 14.4 Å². The fourth-order valence-electron chi connectivity index (χ4n) is 2.03. The van der Waals surface area contributed by atoms with Crippen LogP contribution in [0.2, 0.25) is 0 Å². The average Bonchev–Trinajstić information content (AvgIpc) is 2.85. The van der Waals surface area contributed by atoms with Gasteiger partial charge in [-0.3, -0.25) is 9.20 Å². The molecule has 0 saturated carbocycles. The topological polar surface area (TPSA) is 59.4 Å². The SMILES string of the molecule is O=c1[nH]ccn2cnc(C3CCOC3)c12. The van der Waals surface area contributed by atoms with E-state index in [0.717, 1.165) is 18.7 Å². The summed E-state index contributed by atoms with van der Waals surface area (Å²) in [7, 11) is 0. The molecule has 3 heterocycles. The number of fused-ring (bicyclic) bond motifs is 1. The van der Waals surface area contributed by atoms with E-state index in [-0.39, 0.29) is 11.5 Å². The molecule has 1 aliphatic heterocycles. The number of aromatic amines is 1. The minimum Gasteiger partial charge on any atom is -0.381 e. The largest absolute Gasteiger partial charge is 0.381 e. The highest BCUT2D eigenvalue weighted by Crippen LogP contribution is 2.25. The van der Waals surface area contributed by atoms with E-state index >= 15 is 0 Å². The first-order valence-electron chi connectivity index (χ1n) is 4.98. The quantitative estimate of drug-likeness (QED) is 0.738. The van der Waals surface area contributed by atoms with Gasteiger partial charge in [-0.05, 0) is 6.42 Å². The second-order valence-electron chi connectivity index (χ2n) is 3.74. The molecule has 2 aromatic heterocycles. The Hall–Kier alpha value is -1.62. The lowest BCUT2D eigenvalue weighted by Gasteiger charge is -2.03. The third kappa shape index (κ3) is 1.27. The summed E-state index contributed by atoms with van der Waals surface area (Å²) in [5, 5.41) is 0. The van der Waals surface area contributed by atoms with Gasteiger partial charge in [0.25, 0.3) is 5.56 Å². The van der Waals surface area contributed by atoms with E-state index in [1.54, 1.807) is 23.1 Å². The third-order valence-electron chi connectivity index (χ3n) is 2.80. The minimum atomic E-state index is -0.0862. The molecule has 0 amide bonds. The first-order chi connectivity index (χ1) is 7.36. The summed E-state index contributed by atoms with van der Waals surface area (Å²) < 4.78 is 7.06. The van der Waals surface area contributed by atoms with Crippen LogP contribution in [0.4, 0.5) is 0 Å². The standard InChI is InChI=1S/C10H11N3O2/c14-10-9-8(7-1-4-15-5-7)12-6-13(9)3-2-11-10/h2-3,6-7H,1,4-5H2,(H,11,14). The van der Waals surface area contributed by atoms with Crippen molar-refractivity contribution in [1.29, 1.82) is 0 Å². The van der Waals surface area contributed by atoms with E-state index in [1.165, 1.54) is 0 Å². The van der Waals surface area contributed by atoms with Gasteiger partial charge in [0.1, 0.15) is 5.52 Å². The Morgan fingerprint density at radius 2 is 2.53 bits per heavy atom. The molecule has 0 spiro atoms. The summed E-state index contributed by atoms with van der Waals surface area (Å²) in [6.45, 7) is 1.43. The van der Waals surface area contributed by atoms with Crippen molar-refractivity contribution in [2.45, 2.75) is 12.3 Å².